The van der Waals surface area contributed by atoms with Gasteiger partial charge in [-0.3, -0.25) is 14.3 Å². The Morgan fingerprint density at radius 2 is 1.94 bits per heavy atom. The Bertz CT molecular complexity index is 436. The minimum absolute atomic E-state index is 0.0237. The summed E-state index contributed by atoms with van der Waals surface area (Å²) in [4.78, 5) is 10.6. The summed E-state index contributed by atoms with van der Waals surface area (Å²) in [5.41, 5.74) is -0.0824. The Morgan fingerprint density at radius 1 is 1.35 bits per heavy atom. The molecule has 1 aromatic carbocycles. The second kappa shape index (κ2) is 5.88. The zero-order valence-electron chi connectivity index (χ0n) is 10.0. The highest BCUT2D eigenvalue weighted by molar-refractivity contribution is 7.85. The lowest BCUT2D eigenvalue weighted by Crippen LogP contribution is -2.35. The van der Waals surface area contributed by atoms with Crippen molar-refractivity contribution in [3.63, 3.8) is 0 Å². The van der Waals surface area contributed by atoms with Crippen molar-refractivity contribution in [2.75, 3.05) is 7.05 Å². The average molecular weight is 256 g/mol. The molecule has 0 aliphatic carbocycles. The third-order valence-electron chi connectivity index (χ3n) is 2.78. The maximum absolute atomic E-state index is 12.2. The lowest BCUT2D eigenvalue weighted by Gasteiger charge is -2.18. The number of nitrogens with zero attached hydrogens (tertiary/aromatic N) is 1. The lowest BCUT2D eigenvalue weighted by atomic mass is 10.3. The smallest absolute Gasteiger partial charge is 0.285 e. The van der Waals surface area contributed by atoms with Crippen molar-refractivity contribution in [1.82, 2.24) is 5.32 Å². The molecule has 0 heterocycles. The van der Waals surface area contributed by atoms with Gasteiger partial charge >= 0.3 is 0 Å². The molecule has 3 atom stereocenters. The van der Waals surface area contributed by atoms with Gasteiger partial charge in [-0.05, 0) is 27.0 Å². The van der Waals surface area contributed by atoms with Crippen LogP contribution in [0, 0.1) is 10.1 Å². The van der Waals surface area contributed by atoms with Crippen molar-refractivity contribution in [2.45, 2.75) is 30.0 Å². The van der Waals surface area contributed by atoms with Crippen LogP contribution in [0.2, 0.25) is 0 Å². The van der Waals surface area contributed by atoms with Crippen molar-refractivity contribution < 1.29 is 9.13 Å². The van der Waals surface area contributed by atoms with Crippen molar-refractivity contribution in [2.24, 2.45) is 0 Å². The monoisotopic (exact) mass is 256 g/mol. The zero-order chi connectivity index (χ0) is 13.0. The summed E-state index contributed by atoms with van der Waals surface area (Å²) in [6, 6.07) is 6.19. The fraction of sp³-hybridized carbons (Fsp3) is 0.455. The first-order chi connectivity index (χ1) is 7.99. The molecule has 5 nitrogen and oxygen atoms in total. The summed E-state index contributed by atoms with van der Waals surface area (Å²) < 4.78 is 12.2. The van der Waals surface area contributed by atoms with E-state index in [2.05, 4.69) is 5.32 Å². The summed E-state index contributed by atoms with van der Waals surface area (Å²) in [5.74, 6) is 0. The molecule has 94 valence electrons. The van der Waals surface area contributed by atoms with E-state index in [9.17, 15) is 14.3 Å². The second-order valence-corrected chi connectivity index (χ2v) is 5.58. The van der Waals surface area contributed by atoms with Crippen molar-refractivity contribution in [1.29, 1.82) is 0 Å². The van der Waals surface area contributed by atoms with Crippen LogP contribution in [-0.2, 0) is 10.8 Å². The van der Waals surface area contributed by atoms with Gasteiger partial charge in [0.05, 0.1) is 21.0 Å². The Morgan fingerprint density at radius 3 is 2.47 bits per heavy atom. The average Bonchev–Trinajstić information content (AvgIpc) is 2.35. The maximum atomic E-state index is 12.2. The number of rotatable bonds is 5. The van der Waals surface area contributed by atoms with Gasteiger partial charge in [0.25, 0.3) is 5.69 Å². The molecular weight excluding hydrogens is 240 g/mol. The van der Waals surface area contributed by atoms with E-state index in [4.69, 9.17) is 0 Å². The van der Waals surface area contributed by atoms with E-state index in [-0.39, 0.29) is 21.9 Å². The van der Waals surface area contributed by atoms with E-state index >= 15 is 0 Å². The molecular formula is C11H16N2O3S. The van der Waals surface area contributed by atoms with E-state index in [0.717, 1.165) is 0 Å². The molecule has 0 aliphatic rings. The quantitative estimate of drug-likeness (QED) is 0.643. The third-order valence-corrected chi connectivity index (χ3v) is 4.64. The van der Waals surface area contributed by atoms with Crippen LogP contribution in [0.25, 0.3) is 0 Å². The SMILES string of the molecule is CNC(C)C(C)S(=O)c1ccccc1[N+](=O)[O-]. The first kappa shape index (κ1) is 13.8. The van der Waals surface area contributed by atoms with Crippen molar-refractivity contribution in [3.8, 4) is 0 Å². The molecule has 3 unspecified atom stereocenters. The van der Waals surface area contributed by atoms with Crippen LogP contribution in [0.15, 0.2) is 29.2 Å². The molecule has 1 aromatic rings. The number of nitro benzene ring substituents is 1. The molecule has 0 fully saturated rings. The predicted molar refractivity (Wildman–Crippen MR) is 67.5 cm³/mol. The van der Waals surface area contributed by atoms with Crippen LogP contribution in [0.3, 0.4) is 0 Å². The number of para-hydroxylation sites is 1. The molecule has 17 heavy (non-hydrogen) atoms. The first-order valence-corrected chi connectivity index (χ1v) is 6.51. The van der Waals surface area contributed by atoms with Crippen LogP contribution < -0.4 is 5.32 Å². The normalized spacial score (nSPS) is 16.2. The second-order valence-electron chi connectivity index (χ2n) is 3.80. The van der Waals surface area contributed by atoms with Gasteiger partial charge in [0, 0.05) is 12.1 Å². The summed E-state index contributed by atoms with van der Waals surface area (Å²) >= 11 is 0. The topological polar surface area (TPSA) is 72.2 Å². The molecule has 0 spiro atoms. The summed E-state index contributed by atoms with van der Waals surface area (Å²) in [5, 5.41) is 13.7. The molecule has 1 N–H and O–H groups in total. The highest BCUT2D eigenvalue weighted by Gasteiger charge is 2.25. The highest BCUT2D eigenvalue weighted by atomic mass is 32.2. The van der Waals surface area contributed by atoms with Crippen molar-refractivity contribution >= 4 is 16.5 Å². The molecule has 0 saturated carbocycles. The van der Waals surface area contributed by atoms with Gasteiger partial charge in [0.15, 0.2) is 0 Å². The van der Waals surface area contributed by atoms with Crippen LogP contribution in [-0.4, -0.2) is 27.5 Å². The molecule has 0 aromatic heterocycles. The number of nitrogens with one attached hydrogen (secondary N) is 1. The fourth-order valence-corrected chi connectivity index (χ4v) is 2.87. The van der Waals surface area contributed by atoms with Gasteiger partial charge in [0.1, 0.15) is 4.90 Å². The largest absolute Gasteiger partial charge is 0.316 e. The standard InChI is InChI=1S/C11H16N2O3S/c1-8(12-3)9(2)17(16)11-7-5-4-6-10(11)13(14)15/h4-9,12H,1-3H3. The van der Waals surface area contributed by atoms with Crippen LogP contribution >= 0.6 is 0 Å². The minimum atomic E-state index is -1.39. The molecule has 0 saturated heterocycles. The highest BCUT2D eigenvalue weighted by Crippen LogP contribution is 2.24. The third kappa shape index (κ3) is 3.10. The van der Waals surface area contributed by atoms with Gasteiger partial charge in [-0.15, -0.1) is 0 Å². The Kier molecular flexibility index (Phi) is 4.77. The summed E-state index contributed by atoms with van der Waals surface area (Å²) in [6.07, 6.45) is 0. The van der Waals surface area contributed by atoms with Gasteiger partial charge in [-0.1, -0.05) is 12.1 Å². The van der Waals surface area contributed by atoms with E-state index in [1.807, 2.05) is 13.8 Å². The first-order valence-electron chi connectivity index (χ1n) is 5.30. The van der Waals surface area contributed by atoms with Crippen LogP contribution in [0.4, 0.5) is 5.69 Å². The number of hydrogen-bond acceptors (Lipinski definition) is 4. The number of benzene rings is 1. The molecule has 0 bridgehead atoms. The van der Waals surface area contributed by atoms with Crippen LogP contribution in [0.1, 0.15) is 13.8 Å². The maximum Gasteiger partial charge on any atom is 0.285 e. The summed E-state index contributed by atoms with van der Waals surface area (Å²) in [6.45, 7) is 3.71. The van der Waals surface area contributed by atoms with E-state index in [1.165, 1.54) is 6.07 Å². The summed E-state index contributed by atoms with van der Waals surface area (Å²) in [7, 11) is 0.381. The molecule has 0 radical (unpaired) electrons. The van der Waals surface area contributed by atoms with Crippen LogP contribution in [0.5, 0.6) is 0 Å². The molecule has 0 aliphatic heterocycles. The van der Waals surface area contributed by atoms with E-state index < -0.39 is 15.7 Å². The number of nitro groups is 1. The Labute approximate surface area is 103 Å². The Hall–Kier alpha value is -1.27. The predicted octanol–water partition coefficient (Wildman–Crippen LogP) is 1.70. The minimum Gasteiger partial charge on any atom is -0.316 e. The van der Waals surface area contributed by atoms with Gasteiger partial charge in [-0.2, -0.15) is 0 Å². The van der Waals surface area contributed by atoms with Gasteiger partial charge in [-0.25, -0.2) is 0 Å². The molecule has 0 amide bonds. The molecule has 6 heteroatoms. The fourth-order valence-electron chi connectivity index (χ4n) is 1.40. The van der Waals surface area contributed by atoms with E-state index in [0.29, 0.717) is 0 Å². The number of hydrogen-bond donors (Lipinski definition) is 1. The van der Waals surface area contributed by atoms with Gasteiger partial charge in [0.2, 0.25) is 0 Å². The van der Waals surface area contributed by atoms with Crippen molar-refractivity contribution in [3.05, 3.63) is 34.4 Å². The lowest BCUT2D eigenvalue weighted by molar-refractivity contribution is -0.387. The van der Waals surface area contributed by atoms with E-state index in [1.54, 1.807) is 25.2 Å². The molecule has 1 rings (SSSR count). The Balaban J connectivity index is 3.08. The zero-order valence-corrected chi connectivity index (χ0v) is 10.9. The van der Waals surface area contributed by atoms with Gasteiger partial charge < -0.3 is 5.32 Å².